The number of hydrogen-bond acceptors (Lipinski definition) is 4. The molecule has 0 unspecified atom stereocenters. The maximum atomic E-state index is 8.72. The van der Waals surface area contributed by atoms with Crippen LogP contribution in [0.4, 0.5) is 0 Å². The maximum Gasteiger partial charge on any atom is 0.0863 e. The monoisotopic (exact) mass is 270 g/mol. The molecule has 5 nitrogen and oxygen atoms in total. The van der Waals surface area contributed by atoms with Gasteiger partial charge < -0.3 is 5.21 Å². The predicted octanol–water partition coefficient (Wildman–Crippen LogP) is 2.06. The largest absolute Gasteiger partial charge is 0.411 e. The summed E-state index contributed by atoms with van der Waals surface area (Å²) in [6.07, 6.45) is 2.51. The van der Waals surface area contributed by atoms with Crippen LogP contribution in [-0.4, -0.2) is 38.7 Å². The van der Waals surface area contributed by atoms with Gasteiger partial charge in [0.1, 0.15) is 0 Å². The van der Waals surface area contributed by atoms with Crippen molar-refractivity contribution in [3.63, 3.8) is 0 Å². The molecule has 1 fully saturated rings. The molecule has 0 spiro atoms. The van der Waals surface area contributed by atoms with Crippen LogP contribution in [0.5, 0.6) is 0 Å². The molecule has 18 heavy (non-hydrogen) atoms. The summed E-state index contributed by atoms with van der Waals surface area (Å²) < 4.78 is 1.87. The first-order chi connectivity index (χ1) is 8.65. The van der Waals surface area contributed by atoms with Crippen LogP contribution in [0.3, 0.4) is 0 Å². The number of nitrogens with zero attached hydrogens (tertiary/aromatic N) is 4. The van der Waals surface area contributed by atoms with Crippen molar-refractivity contribution in [2.75, 3.05) is 13.1 Å². The number of rotatable bonds is 3. The number of halogens is 1. The first kappa shape index (κ1) is 13.4. The van der Waals surface area contributed by atoms with Gasteiger partial charge in [-0.1, -0.05) is 23.7 Å². The topological polar surface area (TPSA) is 53.7 Å². The second kappa shape index (κ2) is 5.71. The highest BCUT2D eigenvalue weighted by atomic mass is 35.5. The summed E-state index contributed by atoms with van der Waals surface area (Å²) in [6.45, 7) is 4.68. The molecular weight excluding hydrogens is 252 g/mol. The average molecular weight is 271 g/mol. The van der Waals surface area contributed by atoms with Crippen LogP contribution in [0, 0.1) is 0 Å². The van der Waals surface area contributed by atoms with E-state index in [1.165, 1.54) is 0 Å². The molecule has 0 aromatic carbocycles. The van der Waals surface area contributed by atoms with Gasteiger partial charge in [-0.2, -0.15) is 5.10 Å². The van der Waals surface area contributed by atoms with Gasteiger partial charge in [0.2, 0.25) is 0 Å². The Morgan fingerprint density at radius 1 is 1.39 bits per heavy atom. The van der Waals surface area contributed by atoms with E-state index < -0.39 is 0 Å². The van der Waals surface area contributed by atoms with Gasteiger partial charge in [0.05, 0.1) is 22.1 Å². The summed E-state index contributed by atoms with van der Waals surface area (Å²) in [7, 11) is 1.94. The Bertz CT molecular complexity index is 445. The summed E-state index contributed by atoms with van der Waals surface area (Å²) >= 11 is 6.33. The number of hydrogen-bond donors (Lipinski definition) is 1. The summed E-state index contributed by atoms with van der Waals surface area (Å²) in [6, 6.07) is 0. The molecule has 2 heterocycles. The van der Waals surface area contributed by atoms with E-state index in [0.717, 1.165) is 61.0 Å². The van der Waals surface area contributed by atoms with Gasteiger partial charge in [-0.15, -0.1) is 0 Å². The van der Waals surface area contributed by atoms with Crippen molar-refractivity contribution in [3.8, 4) is 0 Å². The molecule has 0 saturated carbocycles. The van der Waals surface area contributed by atoms with Crippen LogP contribution in [0.1, 0.15) is 31.2 Å². The highest BCUT2D eigenvalue weighted by molar-refractivity contribution is 6.31. The predicted molar refractivity (Wildman–Crippen MR) is 71.3 cm³/mol. The minimum Gasteiger partial charge on any atom is -0.411 e. The Morgan fingerprint density at radius 3 is 2.56 bits per heavy atom. The molecule has 1 aliphatic heterocycles. The van der Waals surface area contributed by atoms with Gasteiger partial charge in [-0.3, -0.25) is 9.58 Å². The highest BCUT2D eigenvalue weighted by Gasteiger charge is 2.19. The lowest BCUT2D eigenvalue weighted by molar-refractivity contribution is 0.250. The van der Waals surface area contributed by atoms with Crippen LogP contribution in [0.25, 0.3) is 0 Å². The van der Waals surface area contributed by atoms with Crippen molar-refractivity contribution in [2.24, 2.45) is 12.2 Å². The lowest BCUT2D eigenvalue weighted by atomic mass is 10.1. The van der Waals surface area contributed by atoms with E-state index in [1.54, 1.807) is 0 Å². The van der Waals surface area contributed by atoms with E-state index in [0.29, 0.717) is 0 Å². The molecule has 0 radical (unpaired) electrons. The fourth-order valence-corrected chi connectivity index (χ4v) is 2.63. The lowest BCUT2D eigenvalue weighted by Crippen LogP contribution is -2.34. The van der Waals surface area contributed by atoms with Gasteiger partial charge in [0.25, 0.3) is 0 Å². The second-order valence-corrected chi connectivity index (χ2v) is 5.00. The molecule has 0 atom stereocenters. The van der Waals surface area contributed by atoms with Gasteiger partial charge in [-0.25, -0.2) is 0 Å². The van der Waals surface area contributed by atoms with Crippen LogP contribution >= 0.6 is 11.6 Å². The first-order valence-corrected chi connectivity index (χ1v) is 6.65. The molecule has 0 amide bonds. The summed E-state index contributed by atoms with van der Waals surface area (Å²) in [5, 5.41) is 17.2. The zero-order valence-electron chi connectivity index (χ0n) is 10.9. The van der Waals surface area contributed by atoms with E-state index in [9.17, 15) is 0 Å². The van der Waals surface area contributed by atoms with Crippen LogP contribution < -0.4 is 0 Å². The van der Waals surface area contributed by atoms with E-state index >= 15 is 0 Å². The third kappa shape index (κ3) is 2.67. The summed E-state index contributed by atoms with van der Waals surface area (Å²) in [5.74, 6) is 0. The van der Waals surface area contributed by atoms with Crippen LogP contribution in [0.15, 0.2) is 5.16 Å². The van der Waals surface area contributed by atoms with Gasteiger partial charge in [0, 0.05) is 39.5 Å². The van der Waals surface area contributed by atoms with Crippen LogP contribution in [-0.2, 0) is 20.0 Å². The van der Waals surface area contributed by atoms with Crippen molar-refractivity contribution in [1.82, 2.24) is 14.7 Å². The minimum atomic E-state index is 0.793. The van der Waals surface area contributed by atoms with Crippen molar-refractivity contribution in [3.05, 3.63) is 16.4 Å². The van der Waals surface area contributed by atoms with E-state index in [4.69, 9.17) is 16.8 Å². The molecule has 2 rings (SSSR count). The molecule has 1 aliphatic rings. The van der Waals surface area contributed by atoms with Crippen molar-refractivity contribution >= 4 is 17.3 Å². The molecule has 1 aromatic rings. The Hall–Kier alpha value is -1.07. The fraction of sp³-hybridized carbons (Fsp3) is 0.667. The smallest absolute Gasteiger partial charge is 0.0863 e. The number of aryl methyl sites for hydroxylation is 2. The molecule has 0 aliphatic carbocycles. The third-order valence-electron chi connectivity index (χ3n) is 3.45. The van der Waals surface area contributed by atoms with Crippen molar-refractivity contribution in [1.29, 1.82) is 0 Å². The molecule has 0 bridgehead atoms. The molecule has 100 valence electrons. The van der Waals surface area contributed by atoms with Crippen molar-refractivity contribution in [2.45, 2.75) is 32.7 Å². The Kier molecular flexibility index (Phi) is 4.24. The first-order valence-electron chi connectivity index (χ1n) is 6.28. The maximum absolute atomic E-state index is 8.72. The molecule has 6 heteroatoms. The SMILES string of the molecule is CCc1nn(C)c(CN2CCC(=NO)CC2)c1Cl. The standard InChI is InChI=1S/C12H19ClN4O/c1-3-10-12(13)11(16(2)14-10)8-17-6-4-9(15-18)5-7-17/h18H,3-8H2,1-2H3. The fourth-order valence-electron chi connectivity index (χ4n) is 2.27. The van der Waals surface area contributed by atoms with E-state index in [1.807, 2.05) is 11.7 Å². The second-order valence-electron chi connectivity index (χ2n) is 4.63. The number of aromatic nitrogens is 2. The van der Waals surface area contributed by atoms with E-state index in [-0.39, 0.29) is 0 Å². The Balaban J connectivity index is 2.04. The normalized spacial score (nSPS) is 17.2. The van der Waals surface area contributed by atoms with Crippen LogP contribution in [0.2, 0.25) is 5.02 Å². The molecule has 1 saturated heterocycles. The molecular formula is C12H19ClN4O. The number of oxime groups is 1. The minimum absolute atomic E-state index is 0.793. The molecule has 1 N–H and O–H groups in total. The number of likely N-dealkylation sites (tertiary alicyclic amines) is 1. The zero-order valence-corrected chi connectivity index (χ0v) is 11.6. The number of piperidine rings is 1. The quantitative estimate of drug-likeness (QED) is 0.676. The zero-order chi connectivity index (χ0) is 13.1. The van der Waals surface area contributed by atoms with Gasteiger partial charge >= 0.3 is 0 Å². The lowest BCUT2D eigenvalue weighted by Gasteiger charge is -2.26. The average Bonchev–Trinajstić information content (AvgIpc) is 2.67. The highest BCUT2D eigenvalue weighted by Crippen LogP contribution is 2.23. The molecule has 1 aromatic heterocycles. The summed E-state index contributed by atoms with van der Waals surface area (Å²) in [5.41, 5.74) is 2.92. The Morgan fingerprint density at radius 2 is 2.06 bits per heavy atom. The summed E-state index contributed by atoms with van der Waals surface area (Å²) in [4.78, 5) is 2.32. The van der Waals surface area contributed by atoms with Gasteiger partial charge in [0.15, 0.2) is 0 Å². The third-order valence-corrected chi connectivity index (χ3v) is 3.89. The van der Waals surface area contributed by atoms with E-state index in [2.05, 4.69) is 22.1 Å². The van der Waals surface area contributed by atoms with Crippen molar-refractivity contribution < 1.29 is 5.21 Å². The Labute approximate surface area is 112 Å². The van der Waals surface area contributed by atoms with Gasteiger partial charge in [-0.05, 0) is 6.42 Å².